The summed E-state index contributed by atoms with van der Waals surface area (Å²) in [6, 6.07) is 3.62. The van der Waals surface area contributed by atoms with Crippen LogP contribution in [-0.4, -0.2) is 92.2 Å². The molecule has 1 fully saturated rings. The summed E-state index contributed by atoms with van der Waals surface area (Å²) in [6.45, 7) is 6.87. The summed E-state index contributed by atoms with van der Waals surface area (Å²) in [5.74, 6) is 2.36. The van der Waals surface area contributed by atoms with E-state index in [9.17, 15) is 0 Å². The highest BCUT2D eigenvalue weighted by molar-refractivity contribution is 5.90. The Labute approximate surface area is 213 Å². The maximum Gasteiger partial charge on any atom is 0.225 e. The third kappa shape index (κ3) is 4.77. The predicted molar refractivity (Wildman–Crippen MR) is 137 cm³/mol. The first-order chi connectivity index (χ1) is 18.2. The highest BCUT2D eigenvalue weighted by atomic mass is 16.5. The maximum atomic E-state index is 6.22. The van der Waals surface area contributed by atoms with E-state index in [1.54, 1.807) is 25.6 Å². The molecule has 1 aliphatic carbocycles. The molecule has 1 aliphatic heterocycles. The van der Waals surface area contributed by atoms with E-state index in [1.807, 2.05) is 10.7 Å². The van der Waals surface area contributed by atoms with Crippen LogP contribution in [0.3, 0.4) is 0 Å². The Morgan fingerprint density at radius 3 is 2.68 bits per heavy atom. The molecule has 0 bridgehead atoms. The van der Waals surface area contributed by atoms with Gasteiger partial charge in [0.25, 0.3) is 0 Å². The van der Waals surface area contributed by atoms with E-state index in [4.69, 9.17) is 19.6 Å². The lowest BCUT2D eigenvalue weighted by molar-refractivity contribution is 0.104. The van der Waals surface area contributed by atoms with Gasteiger partial charge in [-0.05, 0) is 30.7 Å². The summed E-state index contributed by atoms with van der Waals surface area (Å²) < 4.78 is 19.7. The van der Waals surface area contributed by atoms with Crippen molar-refractivity contribution in [1.29, 1.82) is 0 Å². The van der Waals surface area contributed by atoms with Crippen LogP contribution in [0.1, 0.15) is 12.8 Å². The van der Waals surface area contributed by atoms with Gasteiger partial charge in [0, 0.05) is 52.0 Å². The number of hydrogen-bond donors (Lipinski definition) is 1. The van der Waals surface area contributed by atoms with Crippen LogP contribution in [0.2, 0.25) is 0 Å². The molecule has 2 N–H and O–H groups in total. The second kappa shape index (κ2) is 10.2. The molecule has 37 heavy (non-hydrogen) atoms. The van der Waals surface area contributed by atoms with Gasteiger partial charge in [0.2, 0.25) is 11.8 Å². The van der Waals surface area contributed by atoms with E-state index >= 15 is 0 Å². The molecule has 1 saturated heterocycles. The molecule has 12 heteroatoms. The molecule has 12 nitrogen and oxygen atoms in total. The second-order valence-electron chi connectivity index (χ2n) is 9.18. The van der Waals surface area contributed by atoms with Gasteiger partial charge in [-0.1, -0.05) is 0 Å². The standard InChI is InChI=1S/C25H31N9O3/c1-35-15-16-36-19-6-4-18(5-7-19)32-11-8-31(9-12-32)10-13-33-23-20(17-27-33)24-28-22(21-3-2-14-37-21)30-34(24)25(26)29-23/h2-4,6,14,17H,5,7-13,15-16H2,1H3,(H2,26,29). The number of furan rings is 1. The summed E-state index contributed by atoms with van der Waals surface area (Å²) >= 11 is 0. The van der Waals surface area contributed by atoms with Gasteiger partial charge in [-0.2, -0.15) is 14.6 Å². The summed E-state index contributed by atoms with van der Waals surface area (Å²) in [7, 11) is 1.69. The zero-order chi connectivity index (χ0) is 25.2. The number of ether oxygens (including phenoxy) is 2. The lowest BCUT2D eigenvalue weighted by Crippen LogP contribution is -2.46. The molecule has 0 radical (unpaired) electrons. The van der Waals surface area contributed by atoms with Crippen molar-refractivity contribution in [3.63, 3.8) is 0 Å². The predicted octanol–water partition coefficient (Wildman–Crippen LogP) is 2.16. The Morgan fingerprint density at radius 1 is 1.03 bits per heavy atom. The quantitative estimate of drug-likeness (QED) is 0.338. The van der Waals surface area contributed by atoms with Crippen molar-refractivity contribution in [2.45, 2.75) is 19.4 Å². The van der Waals surface area contributed by atoms with E-state index in [1.165, 1.54) is 10.2 Å². The van der Waals surface area contributed by atoms with Crippen molar-refractivity contribution in [3.05, 3.63) is 48.2 Å². The van der Waals surface area contributed by atoms with Gasteiger partial charge in [-0.3, -0.25) is 4.90 Å². The molecule has 194 valence electrons. The fraction of sp³-hybridized carbons (Fsp3) is 0.440. The lowest BCUT2D eigenvalue weighted by Gasteiger charge is -2.38. The molecule has 0 saturated carbocycles. The number of allylic oxidation sites excluding steroid dienone is 4. The first-order valence-electron chi connectivity index (χ1n) is 12.6. The molecular formula is C25H31N9O3. The Balaban J connectivity index is 1.08. The number of hydrogen-bond acceptors (Lipinski definition) is 10. The normalized spacial score (nSPS) is 16.9. The van der Waals surface area contributed by atoms with Crippen LogP contribution in [0.15, 0.2) is 52.6 Å². The minimum absolute atomic E-state index is 0.269. The van der Waals surface area contributed by atoms with Crippen LogP contribution in [-0.2, 0) is 16.0 Å². The van der Waals surface area contributed by atoms with Crippen LogP contribution in [0, 0.1) is 0 Å². The van der Waals surface area contributed by atoms with E-state index in [2.05, 4.69) is 42.1 Å². The number of nitrogens with zero attached hydrogens (tertiary/aromatic N) is 8. The van der Waals surface area contributed by atoms with Crippen LogP contribution in [0.5, 0.6) is 0 Å². The van der Waals surface area contributed by atoms with Crippen molar-refractivity contribution in [2.24, 2.45) is 0 Å². The van der Waals surface area contributed by atoms with Crippen LogP contribution < -0.4 is 5.73 Å². The van der Waals surface area contributed by atoms with Crippen molar-refractivity contribution in [1.82, 2.24) is 39.2 Å². The Kier molecular flexibility index (Phi) is 6.49. The number of nitrogen functional groups attached to an aromatic ring is 1. The molecule has 0 amide bonds. The highest BCUT2D eigenvalue weighted by Crippen LogP contribution is 2.25. The van der Waals surface area contributed by atoms with Gasteiger partial charge in [-0.15, -0.1) is 5.10 Å². The smallest absolute Gasteiger partial charge is 0.225 e. The summed E-state index contributed by atoms with van der Waals surface area (Å²) in [4.78, 5) is 14.2. The molecule has 0 unspecified atom stereocenters. The van der Waals surface area contributed by atoms with Gasteiger partial charge < -0.3 is 24.5 Å². The largest absolute Gasteiger partial charge is 0.496 e. The number of piperazine rings is 1. The third-order valence-corrected chi connectivity index (χ3v) is 6.91. The zero-order valence-corrected chi connectivity index (χ0v) is 20.9. The average molecular weight is 506 g/mol. The molecule has 4 aromatic heterocycles. The highest BCUT2D eigenvalue weighted by Gasteiger charge is 2.21. The zero-order valence-electron chi connectivity index (χ0n) is 20.9. The average Bonchev–Trinajstić information content (AvgIpc) is 3.68. The monoisotopic (exact) mass is 505 g/mol. The minimum atomic E-state index is 0.269. The molecule has 5 heterocycles. The second-order valence-corrected chi connectivity index (χ2v) is 9.18. The molecular weight excluding hydrogens is 474 g/mol. The van der Waals surface area contributed by atoms with E-state index in [0.29, 0.717) is 36.1 Å². The van der Waals surface area contributed by atoms with Gasteiger partial charge in [0.1, 0.15) is 6.61 Å². The van der Waals surface area contributed by atoms with Crippen LogP contribution in [0.25, 0.3) is 28.3 Å². The topological polar surface area (TPSA) is 125 Å². The molecule has 2 aliphatic rings. The summed E-state index contributed by atoms with van der Waals surface area (Å²) in [5, 5.41) is 9.85. The van der Waals surface area contributed by atoms with E-state index in [-0.39, 0.29) is 5.95 Å². The van der Waals surface area contributed by atoms with Crippen molar-refractivity contribution < 1.29 is 13.9 Å². The van der Waals surface area contributed by atoms with E-state index in [0.717, 1.165) is 63.3 Å². The summed E-state index contributed by atoms with van der Waals surface area (Å²) in [6.07, 6.45) is 9.65. The first kappa shape index (κ1) is 23.5. The minimum Gasteiger partial charge on any atom is -0.496 e. The number of aromatic nitrogens is 6. The Bertz CT molecular complexity index is 1430. The third-order valence-electron chi connectivity index (χ3n) is 6.91. The molecule has 0 spiro atoms. The van der Waals surface area contributed by atoms with Crippen molar-refractivity contribution in [2.75, 3.05) is 58.8 Å². The van der Waals surface area contributed by atoms with Crippen molar-refractivity contribution in [3.8, 4) is 11.6 Å². The number of rotatable bonds is 9. The van der Waals surface area contributed by atoms with Gasteiger partial charge in [-0.25, -0.2) is 9.67 Å². The molecule has 0 atom stereocenters. The number of nitrogens with two attached hydrogens (primary N) is 1. The molecule has 6 rings (SSSR count). The SMILES string of the molecule is COCCOC1=CC=C(N2CCN(CCn3ncc4c3nc(N)n3nc(-c5ccco5)nc43)CC2)CC1. The lowest BCUT2D eigenvalue weighted by atomic mass is 10.1. The number of anilines is 1. The van der Waals surface area contributed by atoms with Crippen molar-refractivity contribution >= 4 is 22.6 Å². The fourth-order valence-corrected chi connectivity index (χ4v) is 4.87. The van der Waals surface area contributed by atoms with Crippen LogP contribution >= 0.6 is 0 Å². The summed E-state index contributed by atoms with van der Waals surface area (Å²) in [5.41, 5.74) is 8.95. The Hall–Kier alpha value is -3.90. The fourth-order valence-electron chi connectivity index (χ4n) is 4.87. The van der Waals surface area contributed by atoms with Gasteiger partial charge in [0.05, 0.1) is 36.8 Å². The first-order valence-corrected chi connectivity index (χ1v) is 12.6. The molecule has 0 aromatic carbocycles. The molecule has 4 aromatic rings. The Morgan fingerprint density at radius 2 is 1.92 bits per heavy atom. The van der Waals surface area contributed by atoms with E-state index < -0.39 is 0 Å². The van der Waals surface area contributed by atoms with Gasteiger partial charge >= 0.3 is 0 Å². The van der Waals surface area contributed by atoms with Crippen LogP contribution in [0.4, 0.5) is 5.95 Å². The van der Waals surface area contributed by atoms with Gasteiger partial charge in [0.15, 0.2) is 17.1 Å². The number of methoxy groups -OCH3 is 1. The number of fused-ring (bicyclic) bond motifs is 3. The maximum absolute atomic E-state index is 6.22.